The summed E-state index contributed by atoms with van der Waals surface area (Å²) in [6.07, 6.45) is -1.11. The second-order valence-corrected chi connectivity index (χ2v) is 5.04. The van der Waals surface area contributed by atoms with Gasteiger partial charge in [0, 0.05) is 12.7 Å². The molecule has 0 saturated carbocycles. The molecule has 1 amide bonds. The van der Waals surface area contributed by atoms with Gasteiger partial charge >= 0.3 is 6.18 Å². The average Bonchev–Trinajstić information content (AvgIpc) is 2.83. The molecule has 1 saturated heterocycles. The monoisotopic (exact) mass is 289 g/mol. The first-order valence-electron chi connectivity index (χ1n) is 6.66. The molecule has 2 rings (SSSR count). The van der Waals surface area contributed by atoms with Crippen LogP contribution < -0.4 is 10.6 Å². The van der Waals surface area contributed by atoms with E-state index in [-0.39, 0.29) is 5.69 Å². The Labute approximate surface area is 115 Å². The van der Waals surface area contributed by atoms with E-state index in [9.17, 15) is 18.0 Å². The molecule has 0 unspecified atom stereocenters. The Morgan fingerprint density at radius 3 is 2.75 bits per heavy atom. The van der Waals surface area contributed by atoms with Crippen molar-refractivity contribution in [2.75, 3.05) is 19.6 Å². The van der Waals surface area contributed by atoms with Crippen molar-refractivity contribution in [2.45, 2.75) is 25.6 Å². The van der Waals surface area contributed by atoms with Gasteiger partial charge in [0.05, 0.1) is 0 Å². The van der Waals surface area contributed by atoms with E-state index < -0.39 is 18.6 Å². The number of halogens is 3. The summed E-state index contributed by atoms with van der Waals surface area (Å²) in [7, 11) is 0. The Bertz CT molecular complexity index is 450. The fourth-order valence-electron chi connectivity index (χ4n) is 2.36. The van der Waals surface area contributed by atoms with Gasteiger partial charge in [-0.2, -0.15) is 13.2 Å². The van der Waals surface area contributed by atoms with Crippen LogP contribution in [0.3, 0.4) is 0 Å². The number of hydrogen-bond acceptors (Lipinski definition) is 2. The molecule has 2 heterocycles. The van der Waals surface area contributed by atoms with Crippen LogP contribution in [0.4, 0.5) is 13.2 Å². The third-order valence-corrected chi connectivity index (χ3v) is 3.42. The summed E-state index contributed by atoms with van der Waals surface area (Å²) in [5, 5.41) is 5.95. The SMILES string of the molecule is O=C(NCC1CCNCC1)c1cccn1CC(F)(F)F. The number of carbonyl (C=O) groups excluding carboxylic acids is 1. The molecule has 7 heteroatoms. The van der Waals surface area contributed by atoms with Crippen LogP contribution in [0.2, 0.25) is 0 Å². The van der Waals surface area contributed by atoms with Gasteiger partial charge in [-0.15, -0.1) is 0 Å². The number of piperidine rings is 1. The van der Waals surface area contributed by atoms with Gasteiger partial charge < -0.3 is 15.2 Å². The lowest BCUT2D eigenvalue weighted by atomic mass is 9.98. The molecule has 1 fully saturated rings. The third-order valence-electron chi connectivity index (χ3n) is 3.42. The second kappa shape index (κ2) is 6.30. The largest absolute Gasteiger partial charge is 0.406 e. The van der Waals surface area contributed by atoms with Crippen LogP contribution in [0.25, 0.3) is 0 Å². The molecular formula is C13H18F3N3O. The summed E-state index contributed by atoms with van der Waals surface area (Å²) in [6, 6.07) is 2.86. The maximum Gasteiger partial charge on any atom is 0.406 e. The van der Waals surface area contributed by atoms with E-state index in [4.69, 9.17) is 0 Å². The number of rotatable bonds is 4. The zero-order chi connectivity index (χ0) is 14.6. The highest BCUT2D eigenvalue weighted by Gasteiger charge is 2.29. The number of alkyl halides is 3. The van der Waals surface area contributed by atoms with Crippen LogP contribution in [0.15, 0.2) is 18.3 Å². The van der Waals surface area contributed by atoms with Crippen molar-refractivity contribution in [3.8, 4) is 0 Å². The fourth-order valence-corrected chi connectivity index (χ4v) is 2.36. The minimum Gasteiger partial charge on any atom is -0.350 e. The van der Waals surface area contributed by atoms with Crippen LogP contribution in [0, 0.1) is 5.92 Å². The van der Waals surface area contributed by atoms with Crippen LogP contribution >= 0.6 is 0 Å². The highest BCUT2D eigenvalue weighted by molar-refractivity contribution is 5.92. The van der Waals surface area contributed by atoms with Crippen molar-refractivity contribution in [1.29, 1.82) is 0 Å². The van der Waals surface area contributed by atoms with Gasteiger partial charge in [0.25, 0.3) is 5.91 Å². The summed E-state index contributed by atoms with van der Waals surface area (Å²) in [5.74, 6) is -0.0518. The molecule has 112 valence electrons. The molecule has 0 atom stereocenters. The standard InChI is InChI=1S/C13H18F3N3O/c14-13(15,16)9-19-7-1-2-11(19)12(20)18-8-10-3-5-17-6-4-10/h1-2,7,10,17H,3-6,8-9H2,(H,18,20). The summed E-state index contributed by atoms with van der Waals surface area (Å²) >= 11 is 0. The van der Waals surface area contributed by atoms with Crippen molar-refractivity contribution >= 4 is 5.91 Å². The Morgan fingerprint density at radius 1 is 1.40 bits per heavy atom. The molecule has 1 aliphatic rings. The fraction of sp³-hybridized carbons (Fsp3) is 0.615. The van der Waals surface area contributed by atoms with E-state index >= 15 is 0 Å². The van der Waals surface area contributed by atoms with E-state index in [1.165, 1.54) is 18.3 Å². The highest BCUT2D eigenvalue weighted by Crippen LogP contribution is 2.19. The average molecular weight is 289 g/mol. The van der Waals surface area contributed by atoms with E-state index in [0.717, 1.165) is 30.5 Å². The molecular weight excluding hydrogens is 271 g/mol. The molecule has 4 nitrogen and oxygen atoms in total. The smallest absolute Gasteiger partial charge is 0.350 e. The van der Waals surface area contributed by atoms with Crippen molar-refractivity contribution in [3.05, 3.63) is 24.0 Å². The van der Waals surface area contributed by atoms with Crippen molar-refractivity contribution < 1.29 is 18.0 Å². The van der Waals surface area contributed by atoms with Gasteiger partial charge in [0.2, 0.25) is 0 Å². The minimum absolute atomic E-state index is 0.0521. The van der Waals surface area contributed by atoms with Crippen LogP contribution in [0.5, 0.6) is 0 Å². The van der Waals surface area contributed by atoms with Gasteiger partial charge in [-0.3, -0.25) is 4.79 Å². The number of nitrogens with zero attached hydrogens (tertiary/aromatic N) is 1. The maximum atomic E-state index is 12.4. The van der Waals surface area contributed by atoms with Gasteiger partial charge in [-0.1, -0.05) is 0 Å². The first-order valence-corrected chi connectivity index (χ1v) is 6.66. The molecule has 0 aromatic carbocycles. The van der Waals surface area contributed by atoms with E-state index in [1.54, 1.807) is 0 Å². The lowest BCUT2D eigenvalue weighted by Gasteiger charge is -2.22. The third kappa shape index (κ3) is 4.26. The topological polar surface area (TPSA) is 46.1 Å². The Kier molecular flexibility index (Phi) is 4.69. The van der Waals surface area contributed by atoms with Gasteiger partial charge in [0.1, 0.15) is 12.2 Å². The van der Waals surface area contributed by atoms with Crippen molar-refractivity contribution in [1.82, 2.24) is 15.2 Å². The molecule has 20 heavy (non-hydrogen) atoms. The van der Waals surface area contributed by atoms with E-state index in [0.29, 0.717) is 12.5 Å². The van der Waals surface area contributed by atoms with E-state index in [1.807, 2.05) is 0 Å². The highest BCUT2D eigenvalue weighted by atomic mass is 19.4. The lowest BCUT2D eigenvalue weighted by molar-refractivity contribution is -0.140. The molecule has 1 aliphatic heterocycles. The minimum atomic E-state index is -4.33. The van der Waals surface area contributed by atoms with Gasteiger partial charge in [-0.05, 0) is 44.0 Å². The second-order valence-electron chi connectivity index (χ2n) is 5.04. The van der Waals surface area contributed by atoms with Crippen LogP contribution in [-0.4, -0.2) is 36.3 Å². The van der Waals surface area contributed by atoms with Crippen molar-refractivity contribution in [3.63, 3.8) is 0 Å². The molecule has 0 spiro atoms. The predicted molar refractivity (Wildman–Crippen MR) is 68.4 cm³/mol. The van der Waals surface area contributed by atoms with Gasteiger partial charge in [-0.25, -0.2) is 0 Å². The zero-order valence-electron chi connectivity index (χ0n) is 11.0. The summed E-state index contributed by atoms with van der Waals surface area (Å²) in [5.41, 5.74) is 0.0521. The quantitative estimate of drug-likeness (QED) is 0.887. The van der Waals surface area contributed by atoms with E-state index in [2.05, 4.69) is 10.6 Å². The van der Waals surface area contributed by atoms with Crippen LogP contribution in [-0.2, 0) is 6.54 Å². The van der Waals surface area contributed by atoms with Crippen LogP contribution in [0.1, 0.15) is 23.3 Å². The van der Waals surface area contributed by atoms with Gasteiger partial charge in [0.15, 0.2) is 0 Å². The predicted octanol–water partition coefficient (Wildman–Crippen LogP) is 1.78. The first-order chi connectivity index (χ1) is 9.46. The first kappa shape index (κ1) is 14.9. The lowest BCUT2D eigenvalue weighted by Crippen LogP contribution is -2.36. The number of hydrogen-bond donors (Lipinski definition) is 2. The molecule has 1 aromatic heterocycles. The normalized spacial score (nSPS) is 17.1. The van der Waals surface area contributed by atoms with Crippen molar-refractivity contribution in [2.24, 2.45) is 5.92 Å². The maximum absolute atomic E-state index is 12.4. The zero-order valence-corrected chi connectivity index (χ0v) is 11.0. The molecule has 0 aliphatic carbocycles. The Hall–Kier alpha value is -1.50. The number of amides is 1. The summed E-state index contributed by atoms with van der Waals surface area (Å²) < 4.78 is 38.1. The number of nitrogens with one attached hydrogen (secondary N) is 2. The molecule has 1 aromatic rings. The number of carbonyl (C=O) groups is 1. The molecule has 0 bridgehead atoms. The summed E-state index contributed by atoms with van der Waals surface area (Å²) in [4.78, 5) is 11.9. The Balaban J connectivity index is 1.90. The Morgan fingerprint density at radius 2 is 2.10 bits per heavy atom. The molecule has 0 radical (unpaired) electrons. The summed E-state index contributed by atoms with van der Waals surface area (Å²) in [6.45, 7) is 1.21. The number of aromatic nitrogens is 1. The molecule has 2 N–H and O–H groups in total.